The second kappa shape index (κ2) is 10.1. The minimum Gasteiger partial charge on any atom is -0.495 e. The van der Waals surface area contributed by atoms with E-state index in [1.165, 1.54) is 20.3 Å². The number of hydrogen-bond acceptors (Lipinski definition) is 5. The van der Waals surface area contributed by atoms with E-state index < -0.39 is 6.03 Å². The van der Waals surface area contributed by atoms with Crippen molar-refractivity contribution in [1.82, 2.24) is 0 Å². The van der Waals surface area contributed by atoms with Crippen LogP contribution in [-0.4, -0.2) is 26.2 Å². The van der Waals surface area contributed by atoms with Gasteiger partial charge in [0.05, 0.1) is 30.6 Å². The van der Waals surface area contributed by atoms with Gasteiger partial charge in [0.15, 0.2) is 0 Å². The minimum atomic E-state index is -0.524. The molecule has 0 atom stereocenters. The molecule has 0 saturated heterocycles. The molecule has 160 valence electrons. The van der Waals surface area contributed by atoms with E-state index in [1.807, 2.05) is 6.07 Å². The number of thiol groups is 1. The Bertz CT molecular complexity index is 1080. The summed E-state index contributed by atoms with van der Waals surface area (Å²) < 4.78 is 11.6. The summed E-state index contributed by atoms with van der Waals surface area (Å²) in [5.74, 6) is 0.583. The highest BCUT2D eigenvalue weighted by atomic mass is 35.5. The highest BCUT2D eigenvalue weighted by Crippen LogP contribution is 2.36. The Morgan fingerprint density at radius 1 is 0.903 bits per heavy atom. The third kappa shape index (κ3) is 5.42. The molecule has 0 spiro atoms. The molecule has 0 unspecified atom stereocenters. The van der Waals surface area contributed by atoms with Gasteiger partial charge in [-0.2, -0.15) is 0 Å². The number of carbonyl (C=O) groups excluding carboxylic acids is 2. The number of benzene rings is 3. The molecular formula is C22H20ClN3O4S. The van der Waals surface area contributed by atoms with Crippen LogP contribution in [0.4, 0.5) is 21.9 Å². The Morgan fingerprint density at radius 2 is 1.55 bits per heavy atom. The van der Waals surface area contributed by atoms with Crippen molar-refractivity contribution in [2.75, 3.05) is 29.2 Å². The van der Waals surface area contributed by atoms with Gasteiger partial charge in [-0.15, -0.1) is 0 Å². The van der Waals surface area contributed by atoms with Gasteiger partial charge >= 0.3 is 6.03 Å². The van der Waals surface area contributed by atoms with E-state index in [-0.39, 0.29) is 5.91 Å². The number of carbonyl (C=O) groups is 2. The van der Waals surface area contributed by atoms with Crippen LogP contribution in [-0.2, 0) is 0 Å². The molecule has 0 fully saturated rings. The Morgan fingerprint density at radius 3 is 2.16 bits per heavy atom. The van der Waals surface area contributed by atoms with Gasteiger partial charge in [-0.1, -0.05) is 42.6 Å². The lowest BCUT2D eigenvalue weighted by atomic mass is 10.2. The third-order valence-electron chi connectivity index (χ3n) is 4.31. The van der Waals surface area contributed by atoms with Gasteiger partial charge in [0.25, 0.3) is 5.91 Å². The Kier molecular flexibility index (Phi) is 7.28. The van der Waals surface area contributed by atoms with Crippen molar-refractivity contribution >= 4 is 53.4 Å². The van der Waals surface area contributed by atoms with Crippen LogP contribution in [0, 0.1) is 0 Å². The summed E-state index contributed by atoms with van der Waals surface area (Å²) in [6, 6.07) is 18.1. The summed E-state index contributed by atoms with van der Waals surface area (Å²) in [6.45, 7) is 0. The number of hydrogen-bond donors (Lipinski definition) is 3. The van der Waals surface area contributed by atoms with Crippen LogP contribution in [0.3, 0.4) is 0 Å². The van der Waals surface area contributed by atoms with Crippen molar-refractivity contribution in [3.05, 3.63) is 77.3 Å². The normalized spacial score (nSPS) is 10.2. The first kappa shape index (κ1) is 22.3. The smallest absolute Gasteiger partial charge is 0.336 e. The first-order valence-corrected chi connectivity index (χ1v) is 9.88. The number of methoxy groups -OCH3 is 2. The second-order valence-corrected chi connectivity index (χ2v) is 7.10. The summed E-state index contributed by atoms with van der Waals surface area (Å²) in [7, 11) is 2.96. The van der Waals surface area contributed by atoms with Crippen LogP contribution in [0.15, 0.2) is 66.7 Å². The average Bonchev–Trinajstić information content (AvgIpc) is 2.79. The number of nitrogens with zero attached hydrogens (tertiary/aromatic N) is 1. The maximum absolute atomic E-state index is 12.6. The number of anilines is 3. The molecule has 31 heavy (non-hydrogen) atoms. The van der Waals surface area contributed by atoms with E-state index >= 15 is 0 Å². The van der Waals surface area contributed by atoms with Gasteiger partial charge in [0, 0.05) is 17.3 Å². The molecule has 9 heteroatoms. The quantitative estimate of drug-likeness (QED) is 0.427. The fraction of sp³-hybridized carbons (Fsp3) is 0.0909. The molecule has 0 saturated carbocycles. The molecule has 2 N–H and O–H groups in total. The minimum absolute atomic E-state index is 0.225. The molecule has 3 aromatic rings. The second-order valence-electron chi connectivity index (χ2n) is 6.30. The van der Waals surface area contributed by atoms with E-state index in [2.05, 4.69) is 23.4 Å². The highest BCUT2D eigenvalue weighted by molar-refractivity contribution is 7.82. The SMILES string of the molecule is COc1cc(OC)c(NC(=O)N(S)c2ccc(NC(=O)c3ccccc3)cc2)cc1Cl. The number of urea groups is 1. The van der Waals surface area contributed by atoms with Crippen molar-refractivity contribution in [3.63, 3.8) is 0 Å². The van der Waals surface area contributed by atoms with Gasteiger partial charge in [-0.3, -0.25) is 4.79 Å². The van der Waals surface area contributed by atoms with Crippen LogP contribution in [0.1, 0.15) is 10.4 Å². The monoisotopic (exact) mass is 457 g/mol. The molecule has 0 aliphatic carbocycles. The van der Waals surface area contributed by atoms with E-state index in [4.69, 9.17) is 21.1 Å². The summed E-state index contributed by atoms with van der Waals surface area (Å²) in [4.78, 5) is 24.9. The lowest BCUT2D eigenvalue weighted by Crippen LogP contribution is -2.27. The lowest BCUT2D eigenvalue weighted by molar-refractivity contribution is 0.102. The number of nitrogens with one attached hydrogen (secondary N) is 2. The first-order chi connectivity index (χ1) is 14.9. The molecular weight excluding hydrogens is 438 g/mol. The van der Waals surface area contributed by atoms with Crippen LogP contribution < -0.4 is 24.4 Å². The van der Waals surface area contributed by atoms with Crippen LogP contribution in [0.2, 0.25) is 5.02 Å². The molecule has 3 aromatic carbocycles. The maximum Gasteiger partial charge on any atom is 0.336 e. The van der Waals surface area contributed by atoms with E-state index in [0.717, 1.165) is 4.31 Å². The van der Waals surface area contributed by atoms with Crippen molar-refractivity contribution in [2.24, 2.45) is 0 Å². The predicted octanol–water partition coefficient (Wildman–Crippen LogP) is 5.49. The molecule has 0 bridgehead atoms. The van der Waals surface area contributed by atoms with Gasteiger partial charge in [-0.05, 0) is 42.5 Å². The third-order valence-corrected chi connectivity index (χ3v) is 5.02. The molecule has 0 radical (unpaired) electrons. The average molecular weight is 458 g/mol. The van der Waals surface area contributed by atoms with Crippen molar-refractivity contribution in [3.8, 4) is 11.5 Å². The van der Waals surface area contributed by atoms with E-state index in [9.17, 15) is 9.59 Å². The summed E-state index contributed by atoms with van der Waals surface area (Å²) in [6.07, 6.45) is 0. The van der Waals surface area contributed by atoms with Crippen LogP contribution in [0.25, 0.3) is 0 Å². The molecule has 3 rings (SSSR count). The van der Waals surface area contributed by atoms with E-state index in [0.29, 0.717) is 39.1 Å². The topological polar surface area (TPSA) is 79.9 Å². The zero-order valence-electron chi connectivity index (χ0n) is 16.8. The van der Waals surface area contributed by atoms with Crippen LogP contribution in [0.5, 0.6) is 11.5 Å². The van der Waals surface area contributed by atoms with Gasteiger partial charge < -0.3 is 20.1 Å². The van der Waals surface area contributed by atoms with Gasteiger partial charge in [0.2, 0.25) is 0 Å². The zero-order valence-corrected chi connectivity index (χ0v) is 18.4. The van der Waals surface area contributed by atoms with Crippen LogP contribution >= 0.6 is 24.4 Å². The summed E-state index contributed by atoms with van der Waals surface area (Å²) in [5.41, 5.74) is 2.00. The summed E-state index contributed by atoms with van der Waals surface area (Å²) in [5, 5.41) is 5.82. The number of ether oxygens (including phenoxy) is 2. The molecule has 0 heterocycles. The first-order valence-electron chi connectivity index (χ1n) is 9.11. The molecule has 7 nitrogen and oxygen atoms in total. The largest absolute Gasteiger partial charge is 0.495 e. The number of halogens is 1. The van der Waals surface area contributed by atoms with Crippen molar-refractivity contribution in [1.29, 1.82) is 0 Å². The number of rotatable bonds is 6. The number of amides is 3. The molecule has 0 aliphatic heterocycles. The van der Waals surface area contributed by atoms with Gasteiger partial charge in [-0.25, -0.2) is 9.10 Å². The van der Waals surface area contributed by atoms with Gasteiger partial charge in [0.1, 0.15) is 11.5 Å². The molecule has 0 aliphatic rings. The summed E-state index contributed by atoms with van der Waals surface area (Å²) >= 11 is 10.4. The maximum atomic E-state index is 12.6. The lowest BCUT2D eigenvalue weighted by Gasteiger charge is -2.19. The molecule has 0 aromatic heterocycles. The predicted molar refractivity (Wildman–Crippen MR) is 126 cm³/mol. The molecule has 3 amide bonds. The Hall–Kier alpha value is -3.36. The van der Waals surface area contributed by atoms with Crippen molar-refractivity contribution in [2.45, 2.75) is 0 Å². The zero-order chi connectivity index (χ0) is 22.4. The fourth-order valence-corrected chi connectivity index (χ4v) is 3.15. The van der Waals surface area contributed by atoms with E-state index in [1.54, 1.807) is 54.6 Å². The Balaban J connectivity index is 1.69. The fourth-order valence-electron chi connectivity index (χ4n) is 2.72. The highest BCUT2D eigenvalue weighted by Gasteiger charge is 2.17. The standard InChI is InChI=1S/C22H20ClN3O4S/c1-29-19-13-20(30-2)18(12-17(19)23)25-22(28)26(31)16-10-8-15(9-11-16)24-21(27)14-6-4-3-5-7-14/h3-13,31H,1-2H3,(H,24,27)(H,25,28). The Labute approximate surface area is 190 Å². The van der Waals surface area contributed by atoms with Crippen molar-refractivity contribution < 1.29 is 19.1 Å².